The average Bonchev–Trinajstić information content (AvgIpc) is 3.31. The molecule has 0 saturated carbocycles. The van der Waals surface area contributed by atoms with Gasteiger partial charge >= 0.3 is 0 Å². The Kier molecular flexibility index (Phi) is 5.96. The number of likely N-dealkylation sites (N-methyl/N-ethyl adjacent to an activating group) is 1. The van der Waals surface area contributed by atoms with Crippen LogP contribution >= 0.6 is 0 Å². The Labute approximate surface area is 160 Å². The third-order valence-corrected chi connectivity index (χ3v) is 5.12. The first-order valence-electron chi connectivity index (χ1n) is 9.37. The summed E-state index contributed by atoms with van der Waals surface area (Å²) in [6.07, 6.45) is 2.73. The maximum absolute atomic E-state index is 12.7. The maximum Gasteiger partial charge on any atom is 0.227 e. The van der Waals surface area contributed by atoms with Gasteiger partial charge in [0.2, 0.25) is 11.8 Å². The van der Waals surface area contributed by atoms with Gasteiger partial charge in [0.1, 0.15) is 5.76 Å². The quantitative estimate of drug-likeness (QED) is 0.815. The van der Waals surface area contributed by atoms with Gasteiger partial charge in [0.05, 0.1) is 18.2 Å². The monoisotopic (exact) mass is 369 g/mol. The maximum atomic E-state index is 12.7. The van der Waals surface area contributed by atoms with Gasteiger partial charge in [-0.1, -0.05) is 25.1 Å². The zero-order chi connectivity index (χ0) is 19.4. The van der Waals surface area contributed by atoms with E-state index in [1.807, 2.05) is 55.4 Å². The van der Waals surface area contributed by atoms with Gasteiger partial charge < -0.3 is 14.6 Å². The molecular weight excluding hydrogens is 342 g/mol. The molecule has 0 spiro atoms. The van der Waals surface area contributed by atoms with E-state index in [1.54, 1.807) is 11.2 Å². The molecule has 144 valence electrons. The number of carbonyl (C=O) groups excluding carboxylic acids is 2. The number of amides is 2. The molecule has 2 unspecified atom stereocenters. The Balaban J connectivity index is 1.64. The van der Waals surface area contributed by atoms with Crippen molar-refractivity contribution in [2.45, 2.75) is 25.8 Å². The number of rotatable bonds is 7. The number of hydrogen-bond acceptors (Lipinski definition) is 4. The number of aryl methyl sites for hydroxylation is 1. The first-order valence-corrected chi connectivity index (χ1v) is 9.37. The van der Waals surface area contributed by atoms with Gasteiger partial charge in [-0.05, 0) is 44.3 Å². The minimum Gasteiger partial charge on any atom is -0.468 e. The second-order valence-electron chi connectivity index (χ2n) is 7.13. The highest BCUT2D eigenvalue weighted by Crippen LogP contribution is 2.28. The largest absolute Gasteiger partial charge is 0.468 e. The van der Waals surface area contributed by atoms with E-state index >= 15 is 0 Å². The summed E-state index contributed by atoms with van der Waals surface area (Å²) >= 11 is 0. The lowest BCUT2D eigenvalue weighted by atomic mass is 10.1. The molecule has 1 aliphatic rings. The smallest absolute Gasteiger partial charge is 0.227 e. The number of benzene rings is 1. The van der Waals surface area contributed by atoms with Crippen molar-refractivity contribution in [1.29, 1.82) is 0 Å². The van der Waals surface area contributed by atoms with Crippen molar-refractivity contribution in [3.63, 3.8) is 0 Å². The lowest BCUT2D eigenvalue weighted by Crippen LogP contribution is -2.38. The number of nitrogens with one attached hydrogen (secondary N) is 1. The molecule has 3 rings (SSSR count). The third kappa shape index (κ3) is 4.22. The summed E-state index contributed by atoms with van der Waals surface area (Å²) < 4.78 is 5.48. The zero-order valence-corrected chi connectivity index (χ0v) is 16.1. The predicted octanol–water partition coefficient (Wildman–Crippen LogP) is 2.61. The molecule has 6 heteroatoms. The molecule has 0 radical (unpaired) electrons. The van der Waals surface area contributed by atoms with E-state index in [-0.39, 0.29) is 30.2 Å². The van der Waals surface area contributed by atoms with E-state index in [0.717, 1.165) is 23.4 Å². The normalized spacial score (nSPS) is 18.1. The van der Waals surface area contributed by atoms with Crippen LogP contribution < -0.4 is 10.2 Å². The minimum absolute atomic E-state index is 0.00578. The van der Waals surface area contributed by atoms with Crippen LogP contribution in [0.25, 0.3) is 0 Å². The third-order valence-electron chi connectivity index (χ3n) is 5.12. The zero-order valence-electron chi connectivity index (χ0n) is 16.1. The average molecular weight is 369 g/mol. The molecule has 1 saturated heterocycles. The molecule has 27 heavy (non-hydrogen) atoms. The summed E-state index contributed by atoms with van der Waals surface area (Å²) in [7, 11) is 3.89. The highest BCUT2D eigenvalue weighted by atomic mass is 16.3. The molecule has 1 fully saturated rings. The van der Waals surface area contributed by atoms with Crippen LogP contribution in [0.4, 0.5) is 5.69 Å². The van der Waals surface area contributed by atoms with Gasteiger partial charge in [0.25, 0.3) is 0 Å². The minimum atomic E-state index is -0.332. The van der Waals surface area contributed by atoms with Crippen LogP contribution in [0.1, 0.15) is 30.7 Å². The van der Waals surface area contributed by atoms with Gasteiger partial charge in [-0.3, -0.25) is 14.5 Å². The van der Waals surface area contributed by atoms with E-state index in [9.17, 15) is 9.59 Å². The molecule has 0 bridgehead atoms. The van der Waals surface area contributed by atoms with Crippen molar-refractivity contribution in [2.75, 3.05) is 32.1 Å². The van der Waals surface area contributed by atoms with Crippen LogP contribution in [0.3, 0.4) is 0 Å². The van der Waals surface area contributed by atoms with Gasteiger partial charge in [0, 0.05) is 25.2 Å². The lowest BCUT2D eigenvalue weighted by Gasteiger charge is -2.23. The molecule has 0 aliphatic carbocycles. The summed E-state index contributed by atoms with van der Waals surface area (Å²) in [5.41, 5.74) is 2.04. The highest BCUT2D eigenvalue weighted by molar-refractivity contribution is 6.00. The Bertz CT molecular complexity index is 786. The number of para-hydroxylation sites is 1. The number of carbonyl (C=O) groups is 2. The number of hydrogen-bond donors (Lipinski definition) is 1. The fraction of sp³-hybridized carbons (Fsp3) is 0.429. The predicted molar refractivity (Wildman–Crippen MR) is 104 cm³/mol. The lowest BCUT2D eigenvalue weighted by molar-refractivity contribution is -0.126. The first kappa shape index (κ1) is 19.2. The summed E-state index contributed by atoms with van der Waals surface area (Å²) in [4.78, 5) is 28.9. The van der Waals surface area contributed by atoms with Crippen LogP contribution in [0.15, 0.2) is 47.1 Å². The first-order chi connectivity index (χ1) is 13.0. The van der Waals surface area contributed by atoms with Crippen LogP contribution in [0, 0.1) is 5.92 Å². The summed E-state index contributed by atoms with van der Waals surface area (Å²) in [6, 6.07) is 11.6. The molecule has 2 atom stereocenters. The molecule has 2 aromatic rings. The van der Waals surface area contributed by atoms with Crippen molar-refractivity contribution in [2.24, 2.45) is 5.92 Å². The van der Waals surface area contributed by atoms with Crippen molar-refractivity contribution < 1.29 is 14.0 Å². The molecule has 2 amide bonds. The fourth-order valence-corrected chi connectivity index (χ4v) is 3.55. The van der Waals surface area contributed by atoms with Crippen molar-refractivity contribution in [3.05, 3.63) is 54.0 Å². The van der Waals surface area contributed by atoms with Crippen LogP contribution in [0.2, 0.25) is 0 Å². The molecule has 1 aromatic heterocycles. The topological polar surface area (TPSA) is 65.8 Å². The second kappa shape index (κ2) is 8.39. The molecule has 1 aromatic carbocycles. The Hall–Kier alpha value is -2.60. The molecular formula is C21H27N3O3. The van der Waals surface area contributed by atoms with Crippen LogP contribution in [0.5, 0.6) is 0 Å². The second-order valence-corrected chi connectivity index (χ2v) is 7.13. The summed E-state index contributed by atoms with van der Waals surface area (Å²) in [5.74, 6) is 0.396. The summed E-state index contributed by atoms with van der Waals surface area (Å²) in [5, 5.41) is 3.00. The standard InChI is InChI=1S/C21H27N3O3/c1-4-15-8-5-6-9-17(15)24-14-16(12-20(24)25)21(26)22-13-18(23(2)3)19-10-7-11-27-19/h5-11,16,18H,4,12-14H2,1-3H3,(H,22,26). The number of anilines is 1. The summed E-state index contributed by atoms with van der Waals surface area (Å²) in [6.45, 7) is 2.93. The SMILES string of the molecule is CCc1ccccc1N1CC(C(=O)NCC(c2ccco2)N(C)C)CC1=O. The van der Waals surface area contributed by atoms with E-state index in [1.165, 1.54) is 0 Å². The molecule has 6 nitrogen and oxygen atoms in total. The fourth-order valence-electron chi connectivity index (χ4n) is 3.55. The molecule has 1 aliphatic heterocycles. The van der Waals surface area contributed by atoms with E-state index in [4.69, 9.17) is 4.42 Å². The Morgan fingerprint density at radius 3 is 2.74 bits per heavy atom. The van der Waals surface area contributed by atoms with E-state index in [0.29, 0.717) is 13.1 Å². The van der Waals surface area contributed by atoms with Gasteiger partial charge in [-0.25, -0.2) is 0 Å². The van der Waals surface area contributed by atoms with Crippen LogP contribution in [-0.4, -0.2) is 43.9 Å². The van der Waals surface area contributed by atoms with Crippen molar-refractivity contribution in [1.82, 2.24) is 10.2 Å². The molecule has 1 N–H and O–H groups in total. The van der Waals surface area contributed by atoms with E-state index < -0.39 is 0 Å². The van der Waals surface area contributed by atoms with Crippen LogP contribution in [-0.2, 0) is 16.0 Å². The Morgan fingerprint density at radius 2 is 2.07 bits per heavy atom. The van der Waals surface area contributed by atoms with Crippen molar-refractivity contribution in [3.8, 4) is 0 Å². The number of nitrogens with zero attached hydrogens (tertiary/aromatic N) is 2. The van der Waals surface area contributed by atoms with Gasteiger partial charge in [-0.15, -0.1) is 0 Å². The van der Waals surface area contributed by atoms with Gasteiger partial charge in [-0.2, -0.15) is 0 Å². The highest BCUT2D eigenvalue weighted by Gasteiger charge is 2.36. The Morgan fingerprint density at radius 1 is 1.30 bits per heavy atom. The number of furan rings is 1. The van der Waals surface area contributed by atoms with E-state index in [2.05, 4.69) is 12.2 Å². The van der Waals surface area contributed by atoms with Crippen molar-refractivity contribution >= 4 is 17.5 Å². The molecule has 2 heterocycles. The van der Waals surface area contributed by atoms with Gasteiger partial charge in [0.15, 0.2) is 0 Å².